The number of halogens is 2. The van der Waals surface area contributed by atoms with E-state index in [1.807, 2.05) is 0 Å². The summed E-state index contributed by atoms with van der Waals surface area (Å²) in [4.78, 5) is 3.30. The molecule has 1 N–H and O–H groups in total. The fourth-order valence-electron chi connectivity index (χ4n) is 1.06. The maximum absolute atomic E-state index is 13.5. The molecule has 0 aromatic carbocycles. The van der Waals surface area contributed by atoms with Crippen LogP contribution in [0.2, 0.25) is 0 Å². The minimum atomic E-state index is -5.06. The molecule has 108 valence electrons. The minimum absolute atomic E-state index is 0.841. The van der Waals surface area contributed by atoms with Crippen molar-refractivity contribution in [3.8, 4) is 0 Å². The molecule has 1 heterocycles. The molecule has 0 saturated carbocycles. The Bertz CT molecular complexity index is 628. The topological polar surface area (TPSA) is 111 Å². The summed E-state index contributed by atoms with van der Waals surface area (Å²) in [5, 5.41) is -5.11. The number of aromatic nitrogens is 1. The molecular weight excluding hydrogens is 308 g/mol. The zero-order chi connectivity index (χ0) is 14.7. The van der Waals surface area contributed by atoms with Gasteiger partial charge in [-0.15, -0.1) is 0 Å². The van der Waals surface area contributed by atoms with E-state index in [1.165, 1.54) is 12.1 Å². The summed E-state index contributed by atoms with van der Waals surface area (Å²) in [6, 6.07) is 3.44. The SMILES string of the molecule is O=S(=O)(O)OCCC(F)(F)S(=O)(=O)c1ccccn1. The Morgan fingerprint density at radius 1 is 1.26 bits per heavy atom. The molecule has 11 heteroatoms. The van der Waals surface area contributed by atoms with Gasteiger partial charge < -0.3 is 0 Å². The Labute approximate surface area is 108 Å². The van der Waals surface area contributed by atoms with Crippen LogP contribution >= 0.6 is 0 Å². The molecule has 1 aromatic heterocycles. The van der Waals surface area contributed by atoms with Crippen LogP contribution in [0.4, 0.5) is 8.78 Å². The van der Waals surface area contributed by atoms with Gasteiger partial charge in [-0.25, -0.2) is 17.6 Å². The standard InChI is InChI=1S/C8H9F2NO6S2/c9-8(10,4-6-17-19(14,15)16)18(12,13)7-3-1-2-5-11-7/h1-3,5H,4,6H2,(H,14,15,16). The van der Waals surface area contributed by atoms with Crippen LogP contribution in [0.1, 0.15) is 6.42 Å². The fraction of sp³-hybridized carbons (Fsp3) is 0.375. The fourth-order valence-corrected chi connectivity index (χ4v) is 2.47. The molecule has 0 aliphatic rings. The smallest absolute Gasteiger partial charge is 0.264 e. The zero-order valence-electron chi connectivity index (χ0n) is 9.23. The molecule has 7 nitrogen and oxygen atoms in total. The molecule has 1 rings (SSSR count). The summed E-state index contributed by atoms with van der Waals surface area (Å²) in [6.07, 6.45) is -0.413. The Hall–Kier alpha value is -1.17. The van der Waals surface area contributed by atoms with Crippen LogP contribution in [0.3, 0.4) is 0 Å². The lowest BCUT2D eigenvalue weighted by Gasteiger charge is -2.15. The predicted octanol–water partition coefficient (Wildman–Crippen LogP) is 0.658. The Morgan fingerprint density at radius 2 is 1.89 bits per heavy atom. The van der Waals surface area contributed by atoms with Crippen LogP contribution in [0, 0.1) is 0 Å². The molecule has 0 aliphatic heterocycles. The number of hydrogen-bond acceptors (Lipinski definition) is 6. The van der Waals surface area contributed by atoms with E-state index in [0.29, 0.717) is 0 Å². The van der Waals surface area contributed by atoms with Crippen molar-refractivity contribution >= 4 is 20.2 Å². The molecule has 1 aromatic rings. The van der Waals surface area contributed by atoms with Crippen LogP contribution in [0.25, 0.3) is 0 Å². The molecule has 0 bridgehead atoms. The quantitative estimate of drug-likeness (QED) is 0.767. The van der Waals surface area contributed by atoms with Crippen LogP contribution in [-0.4, -0.2) is 38.2 Å². The summed E-state index contributed by atoms with van der Waals surface area (Å²) < 4.78 is 82.2. The lowest BCUT2D eigenvalue weighted by atomic mass is 10.5. The zero-order valence-corrected chi connectivity index (χ0v) is 10.9. The number of sulfone groups is 1. The second-order valence-electron chi connectivity index (χ2n) is 3.31. The summed E-state index contributed by atoms with van der Waals surface area (Å²) in [6.45, 7) is -1.18. The third kappa shape index (κ3) is 4.16. The molecule has 0 fully saturated rings. The highest BCUT2D eigenvalue weighted by atomic mass is 32.3. The van der Waals surface area contributed by atoms with Gasteiger partial charge in [0.25, 0.3) is 9.84 Å². The van der Waals surface area contributed by atoms with Crippen LogP contribution in [0.5, 0.6) is 0 Å². The largest absolute Gasteiger partial charge is 0.397 e. The molecule has 19 heavy (non-hydrogen) atoms. The first-order chi connectivity index (χ1) is 8.56. The molecule has 0 unspecified atom stereocenters. The van der Waals surface area contributed by atoms with Gasteiger partial charge in [-0.2, -0.15) is 17.2 Å². The molecular formula is C8H9F2NO6S2. The van der Waals surface area contributed by atoms with Gasteiger partial charge in [0.15, 0.2) is 5.03 Å². The third-order valence-electron chi connectivity index (χ3n) is 1.93. The van der Waals surface area contributed by atoms with Gasteiger partial charge in [0.05, 0.1) is 13.0 Å². The van der Waals surface area contributed by atoms with Gasteiger partial charge in [0, 0.05) is 6.20 Å². The number of nitrogens with zero attached hydrogens (tertiary/aromatic N) is 1. The molecule has 0 aliphatic carbocycles. The lowest BCUT2D eigenvalue weighted by molar-refractivity contribution is 0.0638. The van der Waals surface area contributed by atoms with Gasteiger partial charge >= 0.3 is 15.7 Å². The Kier molecular flexibility index (Phi) is 4.55. The highest BCUT2D eigenvalue weighted by molar-refractivity contribution is 7.92. The van der Waals surface area contributed by atoms with Gasteiger partial charge in [0.1, 0.15) is 0 Å². The summed E-state index contributed by atoms with van der Waals surface area (Å²) >= 11 is 0. The monoisotopic (exact) mass is 317 g/mol. The first kappa shape index (κ1) is 15.9. The first-order valence-corrected chi connectivity index (χ1v) is 7.56. The number of pyridine rings is 1. The van der Waals surface area contributed by atoms with Crippen LogP contribution < -0.4 is 0 Å². The highest BCUT2D eigenvalue weighted by Gasteiger charge is 2.46. The molecule has 0 spiro atoms. The van der Waals surface area contributed by atoms with Crippen molar-refractivity contribution in [1.29, 1.82) is 0 Å². The van der Waals surface area contributed by atoms with E-state index >= 15 is 0 Å². The lowest BCUT2D eigenvalue weighted by Crippen LogP contribution is -2.31. The molecule has 0 saturated heterocycles. The van der Waals surface area contributed by atoms with Crippen molar-refractivity contribution < 1.29 is 34.4 Å². The van der Waals surface area contributed by atoms with E-state index in [9.17, 15) is 25.6 Å². The molecule has 0 radical (unpaired) electrons. The van der Waals surface area contributed by atoms with Crippen molar-refractivity contribution in [2.45, 2.75) is 16.7 Å². The van der Waals surface area contributed by atoms with E-state index in [4.69, 9.17) is 4.55 Å². The van der Waals surface area contributed by atoms with Crippen molar-refractivity contribution in [3.63, 3.8) is 0 Å². The van der Waals surface area contributed by atoms with Gasteiger partial charge in [0.2, 0.25) is 0 Å². The first-order valence-electron chi connectivity index (χ1n) is 4.71. The maximum atomic E-state index is 13.5. The van der Waals surface area contributed by atoms with Crippen molar-refractivity contribution in [3.05, 3.63) is 24.4 Å². The summed E-state index contributed by atoms with van der Waals surface area (Å²) in [5.41, 5.74) is 0. The van der Waals surface area contributed by atoms with E-state index in [-0.39, 0.29) is 0 Å². The Balaban J connectivity index is 2.88. The minimum Gasteiger partial charge on any atom is -0.264 e. The predicted molar refractivity (Wildman–Crippen MR) is 58.5 cm³/mol. The average Bonchev–Trinajstić information content (AvgIpc) is 2.28. The van der Waals surface area contributed by atoms with Crippen molar-refractivity contribution in [2.24, 2.45) is 0 Å². The average molecular weight is 317 g/mol. The van der Waals surface area contributed by atoms with E-state index in [0.717, 1.165) is 12.3 Å². The van der Waals surface area contributed by atoms with Gasteiger partial charge in [-0.05, 0) is 12.1 Å². The third-order valence-corrected chi connectivity index (χ3v) is 4.18. The maximum Gasteiger partial charge on any atom is 0.397 e. The van der Waals surface area contributed by atoms with E-state index in [1.54, 1.807) is 0 Å². The number of alkyl halides is 2. The second kappa shape index (κ2) is 5.45. The van der Waals surface area contributed by atoms with Crippen molar-refractivity contribution in [2.75, 3.05) is 6.61 Å². The van der Waals surface area contributed by atoms with Crippen molar-refractivity contribution in [1.82, 2.24) is 4.98 Å². The van der Waals surface area contributed by atoms with Gasteiger partial charge in [-0.1, -0.05) is 6.07 Å². The van der Waals surface area contributed by atoms with Gasteiger partial charge in [-0.3, -0.25) is 4.55 Å². The summed E-state index contributed by atoms with van der Waals surface area (Å²) in [5.74, 6) is 0. The number of rotatable bonds is 6. The second-order valence-corrected chi connectivity index (χ2v) is 6.42. The van der Waals surface area contributed by atoms with Crippen LogP contribution in [-0.2, 0) is 24.4 Å². The normalized spacial score (nSPS) is 13.4. The summed E-state index contributed by atoms with van der Waals surface area (Å²) in [7, 11) is -9.96. The highest BCUT2D eigenvalue weighted by Crippen LogP contribution is 2.31. The molecule has 0 amide bonds. The Morgan fingerprint density at radius 3 is 2.37 bits per heavy atom. The van der Waals surface area contributed by atoms with E-state index < -0.39 is 43.5 Å². The molecule has 0 atom stereocenters. The number of hydrogen-bond donors (Lipinski definition) is 1. The van der Waals surface area contributed by atoms with Crippen LogP contribution in [0.15, 0.2) is 29.4 Å². The van der Waals surface area contributed by atoms with E-state index in [2.05, 4.69) is 9.17 Å².